The highest BCUT2D eigenvalue weighted by Gasteiger charge is 2.50. The molecule has 88 valence electrons. The van der Waals surface area contributed by atoms with Gasteiger partial charge in [0.25, 0.3) is 0 Å². The Kier molecular flexibility index (Phi) is 4.11. The van der Waals surface area contributed by atoms with E-state index < -0.39 is 0 Å². The van der Waals surface area contributed by atoms with Gasteiger partial charge in [-0.3, -0.25) is 4.79 Å². The minimum Gasteiger partial charge on any atom is -0.396 e. The van der Waals surface area contributed by atoms with Gasteiger partial charge in [0, 0.05) is 25.7 Å². The van der Waals surface area contributed by atoms with Gasteiger partial charge < -0.3 is 15.7 Å². The molecule has 1 aliphatic carbocycles. The van der Waals surface area contributed by atoms with Crippen molar-refractivity contribution in [1.29, 1.82) is 0 Å². The number of amides is 1. The van der Waals surface area contributed by atoms with Crippen molar-refractivity contribution >= 4 is 5.91 Å². The van der Waals surface area contributed by atoms with Gasteiger partial charge in [-0.15, -0.1) is 0 Å². The van der Waals surface area contributed by atoms with E-state index in [0.717, 1.165) is 12.8 Å². The minimum absolute atomic E-state index is 0.131. The first-order valence-electron chi connectivity index (χ1n) is 5.69. The number of aliphatic hydroxyl groups excluding tert-OH is 1. The molecule has 1 amide bonds. The molecule has 0 saturated heterocycles. The fourth-order valence-corrected chi connectivity index (χ4v) is 1.80. The summed E-state index contributed by atoms with van der Waals surface area (Å²) < 4.78 is 0. The molecule has 0 aromatic carbocycles. The van der Waals surface area contributed by atoms with Crippen LogP contribution in [0.1, 0.15) is 33.1 Å². The number of rotatable bonds is 6. The van der Waals surface area contributed by atoms with Crippen LogP contribution in [0, 0.1) is 5.41 Å². The maximum atomic E-state index is 12.2. The van der Waals surface area contributed by atoms with Gasteiger partial charge in [-0.05, 0) is 33.1 Å². The first-order valence-corrected chi connectivity index (χ1v) is 5.69. The predicted octanol–water partition coefficient (Wildman–Crippen LogP) is 0.345. The molecule has 0 spiro atoms. The fraction of sp³-hybridized carbons (Fsp3) is 0.909. The Hall–Kier alpha value is -0.610. The Bertz CT molecular complexity index is 225. The number of nitrogens with two attached hydrogens (primary N) is 1. The van der Waals surface area contributed by atoms with Crippen molar-refractivity contribution in [2.45, 2.75) is 39.2 Å². The average molecular weight is 214 g/mol. The van der Waals surface area contributed by atoms with Crippen LogP contribution in [0.2, 0.25) is 0 Å². The van der Waals surface area contributed by atoms with Crippen LogP contribution in [-0.4, -0.2) is 41.7 Å². The van der Waals surface area contributed by atoms with Crippen LogP contribution >= 0.6 is 0 Å². The molecule has 0 radical (unpaired) electrons. The molecular weight excluding hydrogens is 192 g/mol. The topological polar surface area (TPSA) is 66.6 Å². The molecule has 1 aliphatic rings. The molecule has 0 unspecified atom stereocenters. The first kappa shape index (κ1) is 12.5. The Morgan fingerprint density at radius 3 is 2.47 bits per heavy atom. The van der Waals surface area contributed by atoms with Gasteiger partial charge in [0.2, 0.25) is 5.91 Å². The van der Waals surface area contributed by atoms with Crippen LogP contribution in [-0.2, 0) is 4.79 Å². The van der Waals surface area contributed by atoms with Crippen molar-refractivity contribution in [3.8, 4) is 0 Å². The number of hydrogen-bond acceptors (Lipinski definition) is 3. The smallest absolute Gasteiger partial charge is 0.230 e. The highest BCUT2D eigenvalue weighted by atomic mass is 16.3. The van der Waals surface area contributed by atoms with Gasteiger partial charge in [0.15, 0.2) is 0 Å². The zero-order valence-corrected chi connectivity index (χ0v) is 9.70. The summed E-state index contributed by atoms with van der Waals surface area (Å²) in [6.07, 6.45) is 2.49. The van der Waals surface area contributed by atoms with E-state index in [4.69, 9.17) is 10.8 Å². The van der Waals surface area contributed by atoms with Crippen LogP contribution in [0.15, 0.2) is 0 Å². The van der Waals surface area contributed by atoms with Crippen LogP contribution in [0.5, 0.6) is 0 Å². The van der Waals surface area contributed by atoms with Gasteiger partial charge in [-0.1, -0.05) is 0 Å². The maximum Gasteiger partial charge on any atom is 0.230 e. The summed E-state index contributed by atoms with van der Waals surface area (Å²) >= 11 is 0. The van der Waals surface area contributed by atoms with E-state index in [2.05, 4.69) is 0 Å². The van der Waals surface area contributed by atoms with E-state index in [1.54, 1.807) is 0 Å². The van der Waals surface area contributed by atoms with Crippen molar-refractivity contribution in [2.75, 3.05) is 19.7 Å². The predicted molar refractivity (Wildman–Crippen MR) is 59.3 cm³/mol. The molecule has 3 N–H and O–H groups in total. The Morgan fingerprint density at radius 1 is 1.53 bits per heavy atom. The molecule has 0 heterocycles. The van der Waals surface area contributed by atoms with Crippen molar-refractivity contribution < 1.29 is 9.90 Å². The summed E-state index contributed by atoms with van der Waals surface area (Å²) in [6, 6.07) is 0.188. The third-order valence-corrected chi connectivity index (χ3v) is 3.14. The van der Waals surface area contributed by atoms with Gasteiger partial charge in [0.1, 0.15) is 0 Å². The summed E-state index contributed by atoms with van der Waals surface area (Å²) in [5.74, 6) is 0.174. The van der Waals surface area contributed by atoms with E-state index in [-0.39, 0.29) is 24.0 Å². The van der Waals surface area contributed by atoms with Gasteiger partial charge >= 0.3 is 0 Å². The Labute approximate surface area is 91.4 Å². The van der Waals surface area contributed by atoms with Crippen LogP contribution < -0.4 is 5.73 Å². The average Bonchev–Trinajstić information content (AvgIpc) is 2.98. The van der Waals surface area contributed by atoms with Crippen LogP contribution in [0.3, 0.4) is 0 Å². The second kappa shape index (κ2) is 4.94. The third kappa shape index (κ3) is 2.69. The van der Waals surface area contributed by atoms with E-state index in [9.17, 15) is 4.79 Å². The standard InChI is InChI=1S/C11H22N2O2/c1-9(2)13(6-3-7-14)10(15)11(8-12)4-5-11/h9,14H,3-8,12H2,1-2H3. The highest BCUT2D eigenvalue weighted by molar-refractivity contribution is 5.85. The number of hydrogen-bond donors (Lipinski definition) is 2. The van der Waals surface area contributed by atoms with Crippen LogP contribution in [0.4, 0.5) is 0 Å². The van der Waals surface area contributed by atoms with Crippen molar-refractivity contribution in [3.63, 3.8) is 0 Å². The molecule has 1 rings (SSSR count). The first-order chi connectivity index (χ1) is 7.07. The summed E-state index contributed by atoms with van der Waals surface area (Å²) in [5.41, 5.74) is 5.38. The molecule has 1 saturated carbocycles. The largest absolute Gasteiger partial charge is 0.396 e. The molecule has 1 fully saturated rings. The lowest BCUT2D eigenvalue weighted by molar-refractivity contribution is -0.138. The lowest BCUT2D eigenvalue weighted by Gasteiger charge is -2.30. The SMILES string of the molecule is CC(C)N(CCCO)C(=O)C1(CN)CC1. The zero-order chi connectivity index (χ0) is 11.5. The van der Waals surface area contributed by atoms with Crippen molar-refractivity contribution in [2.24, 2.45) is 11.1 Å². The summed E-state index contributed by atoms with van der Waals surface area (Å²) in [4.78, 5) is 14.0. The molecule has 0 atom stereocenters. The summed E-state index contributed by atoms with van der Waals surface area (Å²) in [7, 11) is 0. The molecule has 15 heavy (non-hydrogen) atoms. The number of nitrogens with zero attached hydrogens (tertiary/aromatic N) is 1. The highest BCUT2D eigenvalue weighted by Crippen LogP contribution is 2.46. The van der Waals surface area contributed by atoms with Gasteiger partial charge in [0.05, 0.1) is 5.41 Å². The number of aliphatic hydroxyl groups is 1. The minimum atomic E-state index is -0.264. The van der Waals surface area contributed by atoms with E-state index in [0.29, 0.717) is 19.5 Å². The second-order valence-electron chi connectivity index (χ2n) is 4.65. The molecular formula is C11H22N2O2. The molecule has 0 bridgehead atoms. The quantitative estimate of drug-likeness (QED) is 0.670. The normalized spacial score (nSPS) is 17.9. The molecule has 0 aromatic rings. The number of carbonyl (C=O) groups is 1. The van der Waals surface area contributed by atoms with E-state index in [1.807, 2.05) is 18.7 Å². The Balaban J connectivity index is 2.59. The van der Waals surface area contributed by atoms with E-state index >= 15 is 0 Å². The Morgan fingerprint density at radius 2 is 2.13 bits per heavy atom. The van der Waals surface area contributed by atoms with Crippen molar-refractivity contribution in [3.05, 3.63) is 0 Å². The lowest BCUT2D eigenvalue weighted by atomic mass is 10.0. The third-order valence-electron chi connectivity index (χ3n) is 3.14. The zero-order valence-electron chi connectivity index (χ0n) is 9.70. The summed E-state index contributed by atoms with van der Waals surface area (Å²) in [6.45, 7) is 5.22. The molecule has 0 aliphatic heterocycles. The van der Waals surface area contributed by atoms with Gasteiger partial charge in [-0.25, -0.2) is 0 Å². The van der Waals surface area contributed by atoms with Crippen molar-refractivity contribution in [1.82, 2.24) is 4.90 Å². The monoisotopic (exact) mass is 214 g/mol. The van der Waals surface area contributed by atoms with E-state index in [1.165, 1.54) is 0 Å². The lowest BCUT2D eigenvalue weighted by Crippen LogP contribution is -2.44. The molecule has 4 heteroatoms. The fourth-order valence-electron chi connectivity index (χ4n) is 1.80. The summed E-state index contributed by atoms with van der Waals surface area (Å²) in [5, 5.41) is 8.79. The number of carbonyl (C=O) groups excluding carboxylic acids is 1. The van der Waals surface area contributed by atoms with Crippen LogP contribution in [0.25, 0.3) is 0 Å². The maximum absolute atomic E-state index is 12.2. The molecule has 0 aromatic heterocycles. The van der Waals surface area contributed by atoms with Gasteiger partial charge in [-0.2, -0.15) is 0 Å². The molecule has 4 nitrogen and oxygen atoms in total. The second-order valence-corrected chi connectivity index (χ2v) is 4.65.